The van der Waals surface area contributed by atoms with Gasteiger partial charge in [-0.1, -0.05) is 11.6 Å². The van der Waals surface area contributed by atoms with E-state index in [1.807, 2.05) is 0 Å². The fourth-order valence-corrected chi connectivity index (χ4v) is 5.42. The number of imidazole rings is 1. The third-order valence-electron chi connectivity index (χ3n) is 7.85. The first-order valence-electron chi connectivity index (χ1n) is 13.6. The molecule has 11 nitrogen and oxygen atoms in total. The number of alkyl halides is 3. The third-order valence-corrected chi connectivity index (χ3v) is 8.16. The molecule has 43 heavy (non-hydrogen) atoms. The number of carbonyl (C=O) groups excluding carboxylic acids is 3. The predicted molar refractivity (Wildman–Crippen MR) is 153 cm³/mol. The summed E-state index contributed by atoms with van der Waals surface area (Å²) in [6, 6.07) is 4.26. The second kappa shape index (κ2) is 11.8. The Bertz CT molecular complexity index is 1560. The van der Waals surface area contributed by atoms with Gasteiger partial charge in [-0.25, -0.2) is 4.98 Å². The summed E-state index contributed by atoms with van der Waals surface area (Å²) in [6.07, 6.45) is 0.237. The van der Waals surface area contributed by atoms with Crippen LogP contribution in [0.1, 0.15) is 52.0 Å². The number of benzene rings is 1. The van der Waals surface area contributed by atoms with Crippen molar-refractivity contribution in [3.8, 4) is 11.3 Å². The zero-order valence-electron chi connectivity index (χ0n) is 23.0. The van der Waals surface area contributed by atoms with E-state index in [0.717, 1.165) is 25.8 Å². The molecule has 0 bridgehead atoms. The van der Waals surface area contributed by atoms with Crippen LogP contribution in [0, 0.1) is 0 Å². The van der Waals surface area contributed by atoms with E-state index in [0.29, 0.717) is 26.2 Å². The molecule has 2 saturated heterocycles. The number of halogens is 5. The van der Waals surface area contributed by atoms with Gasteiger partial charge in [0.2, 0.25) is 5.91 Å². The third kappa shape index (κ3) is 6.08. The molecule has 2 aliphatic heterocycles. The van der Waals surface area contributed by atoms with Crippen LogP contribution in [-0.2, 0) is 18.0 Å². The highest BCUT2D eigenvalue weighted by Crippen LogP contribution is 2.41. The van der Waals surface area contributed by atoms with Crippen molar-refractivity contribution in [1.29, 1.82) is 0 Å². The Morgan fingerprint density at radius 1 is 1.07 bits per heavy atom. The van der Waals surface area contributed by atoms with Crippen LogP contribution in [0.25, 0.3) is 11.3 Å². The van der Waals surface area contributed by atoms with E-state index in [1.54, 1.807) is 9.80 Å². The Kier molecular flexibility index (Phi) is 8.47. The molecule has 16 heteroatoms. The molecule has 0 radical (unpaired) electrons. The molecule has 3 aliphatic rings. The average molecular weight is 641 g/mol. The SMILES string of the molecule is Cl.Cn1c(-c2cn(C3CC3)nc2C(F)(F)F)cnc1C(=O)Nc1ccc(C(=O)N2CCN(C(=O)[C@H]3CCN3)CC2)c(Cl)c1. The van der Waals surface area contributed by atoms with Crippen molar-refractivity contribution in [3.05, 3.63) is 52.7 Å². The van der Waals surface area contributed by atoms with Crippen LogP contribution in [0.3, 0.4) is 0 Å². The normalized spacial score (nSPS) is 18.6. The van der Waals surface area contributed by atoms with E-state index in [-0.39, 0.29) is 69.7 Å². The number of hydrogen-bond acceptors (Lipinski definition) is 6. The lowest BCUT2D eigenvalue weighted by molar-refractivity contribution is -0.141. The minimum atomic E-state index is -4.67. The average Bonchev–Trinajstić information content (AvgIpc) is 3.55. The molecule has 230 valence electrons. The number of rotatable bonds is 6. The number of anilines is 1. The first kappa shape index (κ1) is 30.8. The highest BCUT2D eigenvalue weighted by atomic mass is 35.5. The Hall–Kier alpha value is -3.62. The van der Waals surface area contributed by atoms with Gasteiger partial charge < -0.3 is 25.0 Å². The highest BCUT2D eigenvalue weighted by Gasteiger charge is 2.40. The second-order valence-electron chi connectivity index (χ2n) is 10.7. The number of hydrogen-bond donors (Lipinski definition) is 2. The van der Waals surface area contributed by atoms with E-state index >= 15 is 0 Å². The van der Waals surface area contributed by atoms with Crippen LogP contribution >= 0.6 is 24.0 Å². The van der Waals surface area contributed by atoms with Crippen molar-refractivity contribution in [1.82, 2.24) is 34.4 Å². The Morgan fingerprint density at radius 3 is 2.33 bits per heavy atom. The van der Waals surface area contributed by atoms with E-state index in [4.69, 9.17) is 11.6 Å². The predicted octanol–water partition coefficient (Wildman–Crippen LogP) is 3.61. The lowest BCUT2D eigenvalue weighted by Crippen LogP contribution is -2.58. The van der Waals surface area contributed by atoms with Gasteiger partial charge in [-0.2, -0.15) is 18.3 Å². The molecular formula is C27H29Cl2F3N8O3. The number of amides is 3. The largest absolute Gasteiger partial charge is 0.435 e. The van der Waals surface area contributed by atoms with Crippen LogP contribution in [0.5, 0.6) is 0 Å². The lowest BCUT2D eigenvalue weighted by atomic mass is 10.1. The molecule has 3 amide bonds. The summed E-state index contributed by atoms with van der Waals surface area (Å²) in [6.45, 7) is 2.46. The van der Waals surface area contributed by atoms with Gasteiger partial charge in [-0.05, 0) is 44.0 Å². The van der Waals surface area contributed by atoms with Crippen LogP contribution in [0.15, 0.2) is 30.6 Å². The Labute approximate surface area is 255 Å². The van der Waals surface area contributed by atoms with Crippen molar-refractivity contribution in [3.63, 3.8) is 0 Å². The Balaban J connectivity index is 0.00000368. The number of carbonyl (C=O) groups is 3. The first-order valence-corrected chi connectivity index (χ1v) is 14.0. The van der Waals surface area contributed by atoms with Crippen LogP contribution < -0.4 is 10.6 Å². The monoisotopic (exact) mass is 640 g/mol. The molecule has 2 N–H and O–H groups in total. The number of aromatic nitrogens is 4. The number of nitrogens with zero attached hydrogens (tertiary/aromatic N) is 6. The fourth-order valence-electron chi connectivity index (χ4n) is 5.16. The van der Waals surface area contributed by atoms with Crippen molar-refractivity contribution in [2.45, 2.75) is 37.5 Å². The van der Waals surface area contributed by atoms with Gasteiger partial charge in [0, 0.05) is 45.1 Å². The van der Waals surface area contributed by atoms with Crippen molar-refractivity contribution in [2.24, 2.45) is 7.05 Å². The summed E-state index contributed by atoms with van der Waals surface area (Å²) in [7, 11) is 1.46. The van der Waals surface area contributed by atoms with E-state index < -0.39 is 17.8 Å². The zero-order valence-corrected chi connectivity index (χ0v) is 24.6. The summed E-state index contributed by atoms with van der Waals surface area (Å²) >= 11 is 6.42. The summed E-state index contributed by atoms with van der Waals surface area (Å²) in [5.41, 5.74) is -0.545. The number of nitrogens with one attached hydrogen (secondary N) is 2. The molecule has 1 atom stereocenters. The molecule has 0 unspecified atom stereocenters. The quantitative estimate of drug-likeness (QED) is 0.425. The smallest absolute Gasteiger partial charge is 0.338 e. The molecule has 3 fully saturated rings. The van der Waals surface area contributed by atoms with Crippen molar-refractivity contribution < 1.29 is 27.6 Å². The minimum absolute atomic E-state index is 0. The van der Waals surface area contributed by atoms with Crippen molar-refractivity contribution >= 4 is 47.4 Å². The van der Waals surface area contributed by atoms with E-state index in [2.05, 4.69) is 20.7 Å². The second-order valence-corrected chi connectivity index (χ2v) is 11.1. The van der Waals surface area contributed by atoms with Gasteiger partial charge in [0.15, 0.2) is 11.5 Å². The summed E-state index contributed by atoms with van der Waals surface area (Å²) < 4.78 is 43.7. The maximum Gasteiger partial charge on any atom is 0.435 e. The van der Waals surface area contributed by atoms with Crippen LogP contribution in [-0.4, -0.2) is 85.6 Å². The maximum atomic E-state index is 13.7. The number of piperazine rings is 1. The minimum Gasteiger partial charge on any atom is -0.338 e. The Morgan fingerprint density at radius 2 is 1.74 bits per heavy atom. The molecule has 0 spiro atoms. The van der Waals surface area contributed by atoms with E-state index in [9.17, 15) is 27.6 Å². The van der Waals surface area contributed by atoms with Crippen LogP contribution in [0.2, 0.25) is 5.02 Å². The molecule has 1 aliphatic carbocycles. The fraction of sp³-hybridized carbons (Fsp3) is 0.444. The van der Waals surface area contributed by atoms with E-state index in [1.165, 1.54) is 46.9 Å². The van der Waals surface area contributed by atoms with Gasteiger partial charge in [0.1, 0.15) is 0 Å². The van der Waals surface area contributed by atoms with Crippen LogP contribution in [0.4, 0.5) is 18.9 Å². The lowest BCUT2D eigenvalue weighted by Gasteiger charge is -2.38. The summed E-state index contributed by atoms with van der Waals surface area (Å²) in [5.74, 6) is -1.00. The van der Waals surface area contributed by atoms with Gasteiger partial charge in [-0.15, -0.1) is 12.4 Å². The van der Waals surface area contributed by atoms with Gasteiger partial charge in [0.25, 0.3) is 11.8 Å². The molecule has 3 aromatic rings. The van der Waals surface area contributed by atoms with Gasteiger partial charge in [0.05, 0.1) is 40.1 Å². The molecular weight excluding hydrogens is 612 g/mol. The van der Waals surface area contributed by atoms with Crippen molar-refractivity contribution in [2.75, 3.05) is 38.0 Å². The standard InChI is InChI=1S/C27H28ClF3N8O3.ClH/c1-36-21(18-14-39(16-3-4-16)35-22(18)27(29,30)31)13-33-23(36)24(40)34-15-2-5-17(19(28)12-15)25(41)37-8-10-38(11-9-37)26(42)20-6-7-32-20;/h2,5,12-14,16,20,32H,3-4,6-11H2,1H3,(H,34,40);1H/t20-;/m1./s1. The summed E-state index contributed by atoms with van der Waals surface area (Å²) in [4.78, 5) is 46.0. The molecule has 6 rings (SSSR count). The first-order chi connectivity index (χ1) is 20.0. The van der Waals surface area contributed by atoms with Gasteiger partial charge >= 0.3 is 6.18 Å². The highest BCUT2D eigenvalue weighted by molar-refractivity contribution is 6.34. The van der Waals surface area contributed by atoms with Gasteiger partial charge in [-0.3, -0.25) is 19.1 Å². The molecule has 2 aromatic heterocycles. The molecule has 4 heterocycles. The molecule has 1 aromatic carbocycles. The summed E-state index contributed by atoms with van der Waals surface area (Å²) in [5, 5.41) is 9.62. The topological polar surface area (TPSA) is 117 Å². The maximum absolute atomic E-state index is 13.7. The zero-order chi connectivity index (χ0) is 29.8. The molecule has 1 saturated carbocycles.